The molecule has 0 aliphatic heterocycles. The highest BCUT2D eigenvalue weighted by Crippen LogP contribution is 2.52. The van der Waals surface area contributed by atoms with E-state index < -0.39 is 0 Å². The molecule has 3 aliphatic carbocycles. The van der Waals surface area contributed by atoms with Gasteiger partial charge in [0.2, 0.25) is 0 Å². The van der Waals surface area contributed by atoms with Crippen molar-refractivity contribution in [2.24, 2.45) is 0 Å². The Morgan fingerprint density at radius 1 is 0.750 bits per heavy atom. The molecule has 1 radical (unpaired) electrons. The summed E-state index contributed by atoms with van der Waals surface area (Å²) in [4.78, 5) is 0. The molecule has 0 aromatic heterocycles. The summed E-state index contributed by atoms with van der Waals surface area (Å²) in [5, 5.41) is 0. The third-order valence-corrected chi connectivity index (χ3v) is 8.05. The SMILES string of the molecule is CC1=CC([Si](C2C=C(C)C2)C2C=C(C)C2)C1. The smallest absolute Gasteiger partial charge is 0.0709 e. The Morgan fingerprint density at radius 3 is 1.19 bits per heavy atom. The standard InChI is InChI=1S/C15H21Si/c1-10-4-13(5-10)16(14-6-11(2)7-14)15-8-12(3)9-15/h4,6,8,13-15H,5,7,9H2,1-3H3. The molecule has 1 heteroatoms. The van der Waals surface area contributed by atoms with Gasteiger partial charge in [-0.05, 0) is 56.7 Å². The minimum atomic E-state index is -0.197. The van der Waals surface area contributed by atoms with E-state index in [4.69, 9.17) is 0 Å². The number of hydrogen-bond donors (Lipinski definition) is 0. The molecule has 0 heterocycles. The summed E-state index contributed by atoms with van der Waals surface area (Å²) in [6.45, 7) is 6.87. The van der Waals surface area contributed by atoms with Gasteiger partial charge in [-0.25, -0.2) is 0 Å². The molecule has 0 spiro atoms. The summed E-state index contributed by atoms with van der Waals surface area (Å²) in [7, 11) is -0.197. The first-order chi connectivity index (χ1) is 7.63. The maximum Gasteiger partial charge on any atom is 0.0709 e. The van der Waals surface area contributed by atoms with Gasteiger partial charge < -0.3 is 0 Å². The molecular weight excluding hydrogens is 208 g/mol. The summed E-state index contributed by atoms with van der Waals surface area (Å²) in [5.41, 5.74) is 7.84. The molecule has 0 amide bonds. The van der Waals surface area contributed by atoms with E-state index in [1.54, 1.807) is 16.7 Å². The first-order valence-electron chi connectivity index (χ1n) is 6.52. The lowest BCUT2D eigenvalue weighted by molar-refractivity contribution is 0.727. The van der Waals surface area contributed by atoms with Crippen LogP contribution >= 0.6 is 0 Å². The van der Waals surface area contributed by atoms with E-state index in [0.717, 1.165) is 16.6 Å². The van der Waals surface area contributed by atoms with Crippen LogP contribution in [-0.2, 0) is 0 Å². The predicted molar refractivity (Wildman–Crippen MR) is 72.1 cm³/mol. The zero-order chi connectivity index (χ0) is 11.3. The molecule has 16 heavy (non-hydrogen) atoms. The van der Waals surface area contributed by atoms with Gasteiger partial charge in [0.15, 0.2) is 0 Å². The molecule has 3 aliphatic rings. The maximum atomic E-state index is 2.57. The topological polar surface area (TPSA) is 0 Å². The van der Waals surface area contributed by atoms with Crippen molar-refractivity contribution in [2.75, 3.05) is 0 Å². The number of allylic oxidation sites excluding steroid dienone is 6. The molecular formula is C15H21Si. The fourth-order valence-corrected chi connectivity index (χ4v) is 8.19. The maximum absolute atomic E-state index is 2.57. The third-order valence-electron chi connectivity index (χ3n) is 4.37. The van der Waals surface area contributed by atoms with E-state index in [1.807, 2.05) is 0 Å². The van der Waals surface area contributed by atoms with Gasteiger partial charge in [0, 0.05) is 0 Å². The van der Waals surface area contributed by atoms with Gasteiger partial charge in [0.25, 0.3) is 0 Å². The molecule has 0 aromatic carbocycles. The molecule has 0 nitrogen and oxygen atoms in total. The zero-order valence-corrected chi connectivity index (χ0v) is 11.6. The second-order valence-electron chi connectivity index (χ2n) is 5.97. The lowest BCUT2D eigenvalue weighted by Gasteiger charge is -2.44. The first-order valence-corrected chi connectivity index (χ1v) is 8.25. The van der Waals surface area contributed by atoms with Gasteiger partial charge in [0.1, 0.15) is 0 Å². The molecule has 0 fully saturated rings. The minimum absolute atomic E-state index is 0.197. The lowest BCUT2D eigenvalue weighted by atomic mass is 9.98. The Morgan fingerprint density at radius 2 is 1.00 bits per heavy atom. The van der Waals surface area contributed by atoms with Crippen molar-refractivity contribution in [1.82, 2.24) is 0 Å². The van der Waals surface area contributed by atoms with Crippen molar-refractivity contribution in [2.45, 2.75) is 56.7 Å². The van der Waals surface area contributed by atoms with E-state index in [2.05, 4.69) is 39.0 Å². The van der Waals surface area contributed by atoms with Crippen molar-refractivity contribution in [3.05, 3.63) is 34.9 Å². The van der Waals surface area contributed by atoms with Gasteiger partial charge in [0.05, 0.1) is 8.80 Å². The van der Waals surface area contributed by atoms with Crippen LogP contribution in [0.25, 0.3) is 0 Å². The highest BCUT2D eigenvalue weighted by atomic mass is 28.3. The van der Waals surface area contributed by atoms with Gasteiger partial charge in [-0.3, -0.25) is 0 Å². The third kappa shape index (κ3) is 1.66. The molecule has 0 N–H and O–H groups in total. The molecule has 0 aromatic rings. The molecule has 3 atom stereocenters. The quantitative estimate of drug-likeness (QED) is 0.488. The summed E-state index contributed by atoms with van der Waals surface area (Å²) in [6.07, 6.45) is 11.9. The van der Waals surface area contributed by atoms with E-state index in [-0.39, 0.29) is 8.80 Å². The summed E-state index contributed by atoms with van der Waals surface area (Å²) >= 11 is 0. The van der Waals surface area contributed by atoms with Crippen LogP contribution in [-0.4, -0.2) is 8.80 Å². The summed E-state index contributed by atoms with van der Waals surface area (Å²) < 4.78 is 0. The fourth-order valence-electron chi connectivity index (χ4n) is 3.44. The Bertz CT molecular complexity index is 338. The average Bonchev–Trinajstić information content (AvgIpc) is 2.09. The van der Waals surface area contributed by atoms with Gasteiger partial charge in [-0.1, -0.05) is 34.9 Å². The van der Waals surface area contributed by atoms with E-state index in [9.17, 15) is 0 Å². The Balaban J connectivity index is 1.75. The Labute approximate surface area is 101 Å². The van der Waals surface area contributed by atoms with Crippen molar-refractivity contribution in [3.63, 3.8) is 0 Å². The van der Waals surface area contributed by atoms with Gasteiger partial charge in [-0.2, -0.15) is 0 Å². The second-order valence-corrected chi connectivity index (χ2v) is 9.20. The van der Waals surface area contributed by atoms with Crippen LogP contribution < -0.4 is 0 Å². The van der Waals surface area contributed by atoms with Crippen LogP contribution in [0.3, 0.4) is 0 Å². The lowest BCUT2D eigenvalue weighted by Crippen LogP contribution is -2.38. The van der Waals surface area contributed by atoms with Gasteiger partial charge in [-0.15, -0.1) is 0 Å². The highest BCUT2D eigenvalue weighted by molar-refractivity contribution is 6.66. The fraction of sp³-hybridized carbons (Fsp3) is 0.600. The van der Waals surface area contributed by atoms with Crippen molar-refractivity contribution < 1.29 is 0 Å². The normalized spacial score (nSPS) is 36.8. The highest BCUT2D eigenvalue weighted by Gasteiger charge is 2.41. The molecule has 3 unspecified atom stereocenters. The van der Waals surface area contributed by atoms with Crippen LogP contribution in [0.4, 0.5) is 0 Å². The largest absolute Gasteiger partial charge is 0.0850 e. The van der Waals surface area contributed by atoms with E-state index >= 15 is 0 Å². The van der Waals surface area contributed by atoms with Crippen LogP contribution in [0.15, 0.2) is 34.9 Å². The van der Waals surface area contributed by atoms with Crippen LogP contribution in [0.1, 0.15) is 40.0 Å². The molecule has 3 rings (SSSR count). The van der Waals surface area contributed by atoms with Gasteiger partial charge >= 0.3 is 0 Å². The van der Waals surface area contributed by atoms with Crippen LogP contribution in [0.2, 0.25) is 16.6 Å². The first kappa shape index (κ1) is 10.6. The second kappa shape index (κ2) is 3.73. The monoisotopic (exact) mass is 229 g/mol. The summed E-state index contributed by atoms with van der Waals surface area (Å²) in [6, 6.07) is 0. The average molecular weight is 229 g/mol. The van der Waals surface area contributed by atoms with Crippen LogP contribution in [0.5, 0.6) is 0 Å². The van der Waals surface area contributed by atoms with Crippen molar-refractivity contribution in [1.29, 1.82) is 0 Å². The minimum Gasteiger partial charge on any atom is -0.0850 e. The number of rotatable bonds is 3. The van der Waals surface area contributed by atoms with Crippen LogP contribution in [0, 0.1) is 0 Å². The molecule has 0 saturated heterocycles. The summed E-state index contributed by atoms with van der Waals surface area (Å²) in [5.74, 6) is 0. The zero-order valence-electron chi connectivity index (χ0n) is 10.6. The van der Waals surface area contributed by atoms with Crippen molar-refractivity contribution >= 4 is 8.80 Å². The Hall–Kier alpha value is -0.563. The van der Waals surface area contributed by atoms with Crippen molar-refractivity contribution in [3.8, 4) is 0 Å². The number of hydrogen-bond acceptors (Lipinski definition) is 0. The molecule has 0 bridgehead atoms. The molecule has 85 valence electrons. The Kier molecular flexibility index (Phi) is 2.47. The van der Waals surface area contributed by atoms with E-state index in [1.165, 1.54) is 19.3 Å². The molecule has 0 saturated carbocycles. The van der Waals surface area contributed by atoms with E-state index in [0.29, 0.717) is 0 Å². The predicted octanol–water partition coefficient (Wildman–Crippen LogP) is 4.64.